The first kappa shape index (κ1) is 26.3. The maximum absolute atomic E-state index is 11.9. The molecule has 3 aromatic heterocycles. The smallest absolute Gasteiger partial charge is 0.308 e. The van der Waals surface area contributed by atoms with Crippen molar-refractivity contribution in [3.05, 3.63) is 90.6 Å². The van der Waals surface area contributed by atoms with Gasteiger partial charge < -0.3 is 15.4 Å². The number of esters is 1. The van der Waals surface area contributed by atoms with E-state index in [0.717, 1.165) is 78.4 Å². The molecule has 1 aliphatic carbocycles. The Bertz CT molecular complexity index is 1730. The highest BCUT2D eigenvalue weighted by molar-refractivity contribution is 5.84. The number of hydrogen-bond acceptors (Lipinski definition) is 7. The first-order chi connectivity index (χ1) is 20.6. The number of imidazole rings is 1. The topological polar surface area (TPSA) is 99.2 Å². The lowest BCUT2D eigenvalue weighted by atomic mass is 9.90. The van der Waals surface area contributed by atoms with E-state index in [1.165, 1.54) is 12.7 Å². The summed E-state index contributed by atoms with van der Waals surface area (Å²) in [6, 6.07) is 26.8. The van der Waals surface area contributed by atoms with Crippen molar-refractivity contribution >= 4 is 23.0 Å². The lowest BCUT2D eigenvalue weighted by Gasteiger charge is -2.41. The molecule has 2 aliphatic rings. The van der Waals surface area contributed by atoms with E-state index >= 15 is 0 Å². The molecule has 2 aromatic carbocycles. The molecule has 2 N–H and O–H groups in total. The van der Waals surface area contributed by atoms with Crippen LogP contribution in [0.3, 0.4) is 0 Å². The number of aromatic nitrogens is 4. The van der Waals surface area contributed by atoms with Crippen LogP contribution in [0, 0.1) is 11.8 Å². The van der Waals surface area contributed by atoms with Gasteiger partial charge in [0, 0.05) is 43.0 Å². The fourth-order valence-electron chi connectivity index (χ4n) is 6.57. The zero-order valence-electron chi connectivity index (χ0n) is 23.7. The molecule has 2 unspecified atom stereocenters. The molecule has 212 valence electrons. The lowest BCUT2D eigenvalue weighted by Crippen LogP contribution is -2.46. The molecule has 0 amide bonds. The van der Waals surface area contributed by atoms with Gasteiger partial charge in [-0.2, -0.15) is 0 Å². The van der Waals surface area contributed by atoms with Crippen LogP contribution >= 0.6 is 0 Å². The highest BCUT2D eigenvalue weighted by Crippen LogP contribution is 2.36. The van der Waals surface area contributed by atoms with E-state index in [9.17, 15) is 4.79 Å². The predicted molar refractivity (Wildman–Crippen MR) is 164 cm³/mol. The van der Waals surface area contributed by atoms with E-state index in [1.807, 2.05) is 42.5 Å². The molecule has 4 heterocycles. The number of fused-ring (bicyclic) bond motifs is 1. The van der Waals surface area contributed by atoms with Crippen molar-refractivity contribution in [1.82, 2.24) is 24.4 Å². The zero-order chi connectivity index (χ0) is 28.6. The van der Waals surface area contributed by atoms with Crippen LogP contribution in [0.15, 0.2) is 85.1 Å². The molecule has 0 radical (unpaired) electrons. The zero-order valence-corrected chi connectivity index (χ0v) is 23.7. The first-order valence-corrected chi connectivity index (χ1v) is 14.6. The summed E-state index contributed by atoms with van der Waals surface area (Å²) in [7, 11) is 1.49. The van der Waals surface area contributed by atoms with E-state index < -0.39 is 0 Å². The Kier molecular flexibility index (Phi) is 6.91. The number of anilines is 1. The highest BCUT2D eigenvalue weighted by atomic mass is 16.5. The van der Waals surface area contributed by atoms with Crippen LogP contribution < -0.4 is 5.73 Å². The molecular weight excluding hydrogens is 524 g/mol. The second-order valence-electron chi connectivity index (χ2n) is 11.5. The number of carbonyl (C=O) groups excluding carboxylic acids is 1. The molecule has 2 atom stereocenters. The van der Waals surface area contributed by atoms with Crippen molar-refractivity contribution in [3.8, 4) is 28.3 Å². The molecule has 2 fully saturated rings. The molecule has 7 rings (SSSR count). The minimum Gasteiger partial charge on any atom is -0.469 e. The van der Waals surface area contributed by atoms with Gasteiger partial charge in [0.05, 0.1) is 24.3 Å². The summed E-state index contributed by atoms with van der Waals surface area (Å²) in [4.78, 5) is 28.8. The number of likely N-dealkylation sites (tertiary alicyclic amines) is 1. The third kappa shape index (κ3) is 4.92. The van der Waals surface area contributed by atoms with Gasteiger partial charge >= 0.3 is 5.97 Å². The van der Waals surface area contributed by atoms with Gasteiger partial charge in [0.1, 0.15) is 11.3 Å². The molecule has 1 saturated heterocycles. The van der Waals surface area contributed by atoms with E-state index in [2.05, 4.69) is 50.8 Å². The second-order valence-corrected chi connectivity index (χ2v) is 11.5. The van der Waals surface area contributed by atoms with Gasteiger partial charge in [-0.25, -0.2) is 15.0 Å². The Morgan fingerprint density at radius 3 is 2.52 bits per heavy atom. The first-order valence-electron chi connectivity index (χ1n) is 14.6. The van der Waals surface area contributed by atoms with Crippen molar-refractivity contribution in [2.45, 2.75) is 25.2 Å². The molecule has 0 spiro atoms. The second kappa shape index (κ2) is 11.0. The molecule has 1 saturated carbocycles. The summed E-state index contributed by atoms with van der Waals surface area (Å²) in [5, 5.41) is 0. The highest BCUT2D eigenvalue weighted by Gasteiger charge is 2.35. The number of benzene rings is 2. The monoisotopic (exact) mass is 558 g/mol. The Labute approximate surface area is 245 Å². The van der Waals surface area contributed by atoms with Gasteiger partial charge in [0.15, 0.2) is 11.5 Å². The van der Waals surface area contributed by atoms with Gasteiger partial charge in [0.25, 0.3) is 0 Å². The maximum Gasteiger partial charge on any atom is 0.308 e. The van der Waals surface area contributed by atoms with E-state index in [-0.39, 0.29) is 11.9 Å². The SMILES string of the molecule is COC(=O)C1CCC(CN2CC(c3ccc(-n4c(-c5cccnc5N)nc5ccc(-c6ccccc6)nc54)cc3)C2)C1. The number of nitrogens with two attached hydrogens (primary N) is 1. The standard InChI is InChI=1S/C34H34N6O2/c1-42-34(41)25-10-9-22(18-25)19-39-20-26(21-39)23-11-13-27(14-12-23)40-32(28-8-5-17-36-31(28)35)38-30-16-15-29(37-33(30)40)24-6-3-2-4-7-24/h2-8,11-17,22,25-26H,9-10,18-21H2,1H3,(H2,35,36). The fraction of sp³-hybridized carbons (Fsp3) is 0.294. The Balaban J connectivity index is 1.15. The minimum absolute atomic E-state index is 0.0504. The Hall–Kier alpha value is -4.56. The number of hydrogen-bond donors (Lipinski definition) is 1. The van der Waals surface area contributed by atoms with Crippen molar-refractivity contribution in [2.75, 3.05) is 32.5 Å². The molecule has 42 heavy (non-hydrogen) atoms. The maximum atomic E-state index is 11.9. The van der Waals surface area contributed by atoms with Crippen molar-refractivity contribution in [1.29, 1.82) is 0 Å². The lowest BCUT2D eigenvalue weighted by molar-refractivity contribution is -0.145. The number of methoxy groups -OCH3 is 1. The number of nitrogens with zero attached hydrogens (tertiary/aromatic N) is 5. The van der Waals surface area contributed by atoms with Gasteiger partial charge in [0.2, 0.25) is 0 Å². The fourth-order valence-corrected chi connectivity index (χ4v) is 6.57. The van der Waals surface area contributed by atoms with Crippen LogP contribution in [-0.2, 0) is 9.53 Å². The number of rotatable bonds is 7. The van der Waals surface area contributed by atoms with Gasteiger partial charge in [-0.3, -0.25) is 9.36 Å². The minimum atomic E-state index is -0.0504. The van der Waals surface area contributed by atoms with Crippen molar-refractivity contribution in [2.24, 2.45) is 11.8 Å². The van der Waals surface area contributed by atoms with Crippen molar-refractivity contribution < 1.29 is 9.53 Å². The van der Waals surface area contributed by atoms with Crippen LogP contribution in [0.4, 0.5) is 5.82 Å². The summed E-state index contributed by atoms with van der Waals surface area (Å²) < 4.78 is 7.04. The summed E-state index contributed by atoms with van der Waals surface area (Å²) >= 11 is 0. The quantitative estimate of drug-likeness (QED) is 0.255. The largest absolute Gasteiger partial charge is 0.469 e. The van der Waals surface area contributed by atoms with E-state index in [1.54, 1.807) is 6.20 Å². The molecular formula is C34H34N6O2. The summed E-state index contributed by atoms with van der Waals surface area (Å²) in [5.41, 5.74) is 12.9. The molecule has 0 bridgehead atoms. The molecule has 8 heteroatoms. The van der Waals surface area contributed by atoms with Crippen LogP contribution in [-0.4, -0.2) is 57.1 Å². The third-order valence-electron chi connectivity index (χ3n) is 8.83. The number of pyridine rings is 2. The normalized spacial score (nSPS) is 19.2. The number of carbonyl (C=O) groups is 1. The number of ether oxygens (including phenoxy) is 1. The average molecular weight is 559 g/mol. The van der Waals surface area contributed by atoms with E-state index in [4.69, 9.17) is 20.4 Å². The van der Waals surface area contributed by atoms with Crippen LogP contribution in [0.25, 0.3) is 39.5 Å². The van der Waals surface area contributed by atoms with Gasteiger partial charge in [-0.05, 0) is 67.1 Å². The van der Waals surface area contributed by atoms with Gasteiger partial charge in [-0.15, -0.1) is 0 Å². The van der Waals surface area contributed by atoms with Crippen LogP contribution in [0.1, 0.15) is 30.7 Å². The average Bonchev–Trinajstić information content (AvgIpc) is 3.64. The Morgan fingerprint density at radius 1 is 0.952 bits per heavy atom. The summed E-state index contributed by atoms with van der Waals surface area (Å²) in [6.45, 7) is 3.16. The van der Waals surface area contributed by atoms with Crippen LogP contribution in [0.2, 0.25) is 0 Å². The van der Waals surface area contributed by atoms with Crippen LogP contribution in [0.5, 0.6) is 0 Å². The Morgan fingerprint density at radius 2 is 1.76 bits per heavy atom. The van der Waals surface area contributed by atoms with E-state index in [0.29, 0.717) is 17.7 Å². The van der Waals surface area contributed by atoms with Gasteiger partial charge in [-0.1, -0.05) is 42.5 Å². The predicted octanol–water partition coefficient (Wildman–Crippen LogP) is 5.72. The third-order valence-corrected chi connectivity index (χ3v) is 8.83. The number of nitrogen functional groups attached to an aromatic ring is 1. The molecule has 8 nitrogen and oxygen atoms in total. The van der Waals surface area contributed by atoms with Crippen molar-refractivity contribution in [3.63, 3.8) is 0 Å². The summed E-state index contributed by atoms with van der Waals surface area (Å²) in [5.74, 6) is 2.27. The summed E-state index contributed by atoms with van der Waals surface area (Å²) in [6.07, 6.45) is 4.70. The molecule has 1 aliphatic heterocycles. The molecule has 5 aromatic rings.